The second-order valence-corrected chi connectivity index (χ2v) is 22.4. The second kappa shape index (κ2) is 26.4. The number of unbranched alkanes of at least 4 members (excludes halogenated alkanes) is 1. The van der Waals surface area contributed by atoms with E-state index in [0.29, 0.717) is 6.42 Å². The number of esters is 3. The Bertz CT molecular complexity index is 2890. The highest BCUT2D eigenvalue weighted by molar-refractivity contribution is 6.30. The Morgan fingerprint density at radius 1 is 0.890 bits per heavy atom. The molecule has 2 aromatic carbocycles. The fourth-order valence-corrected chi connectivity index (χ4v) is 11.9. The average molecular weight is 1170 g/mol. The van der Waals surface area contributed by atoms with Crippen molar-refractivity contribution in [1.82, 2.24) is 21.3 Å². The maximum Gasteiger partial charge on any atom is 0.338 e. The average Bonchev–Trinajstić information content (AvgIpc) is 0.756. The smallest absolute Gasteiger partial charge is 0.338 e. The number of carbonyl (C=O) groups excluding carboxylic acids is 10. The van der Waals surface area contributed by atoms with Crippen LogP contribution >= 0.6 is 11.6 Å². The zero-order valence-electron chi connectivity index (χ0n) is 46.7. The number of nitrogens with two attached hydrogens (primary N) is 2. The highest BCUT2D eigenvalue weighted by atomic mass is 35.5. The molecule has 0 unspecified atom stereocenters. The van der Waals surface area contributed by atoms with Crippen LogP contribution in [-0.2, 0) is 66.8 Å². The minimum absolute atomic E-state index is 0.0531. The molecule has 2 saturated carbocycles. The van der Waals surface area contributed by atoms with Crippen LogP contribution < -0.4 is 32.7 Å². The molecule has 6 amide bonds. The number of amides is 6. The van der Waals surface area contributed by atoms with Gasteiger partial charge in [-0.05, 0) is 87.9 Å². The van der Waals surface area contributed by atoms with Crippen molar-refractivity contribution in [3.05, 3.63) is 87.7 Å². The van der Waals surface area contributed by atoms with E-state index in [1.54, 1.807) is 39.0 Å². The van der Waals surface area contributed by atoms with Gasteiger partial charge >= 0.3 is 17.9 Å². The first-order valence-electron chi connectivity index (χ1n) is 26.9. The van der Waals surface area contributed by atoms with Crippen molar-refractivity contribution in [2.24, 2.45) is 28.2 Å². The lowest BCUT2D eigenvalue weighted by atomic mass is 9.44. The first kappa shape index (κ1) is 64.1. The number of hydrogen-bond acceptors (Lipinski definition) is 17. The molecule has 25 heteroatoms. The predicted octanol–water partition coefficient (Wildman–Crippen LogP) is 2.08. The number of primary amides is 2. The van der Waals surface area contributed by atoms with E-state index in [9.17, 15) is 57.8 Å². The van der Waals surface area contributed by atoms with Crippen molar-refractivity contribution in [3.8, 4) is 0 Å². The summed E-state index contributed by atoms with van der Waals surface area (Å²) in [5.41, 5.74) is 4.04. The van der Waals surface area contributed by atoms with Gasteiger partial charge < -0.3 is 66.6 Å². The van der Waals surface area contributed by atoms with Gasteiger partial charge in [0.05, 0.1) is 42.3 Å². The summed E-state index contributed by atoms with van der Waals surface area (Å²) in [6.45, 7) is 9.32. The molecule has 0 radical (unpaired) electrons. The topological polar surface area (TPSA) is 357 Å². The molecule has 6 rings (SSSR count). The van der Waals surface area contributed by atoms with Crippen LogP contribution in [0.5, 0.6) is 0 Å². The number of carbonyl (C=O) groups is 10. The van der Waals surface area contributed by atoms with Crippen molar-refractivity contribution in [2.45, 2.75) is 160 Å². The van der Waals surface area contributed by atoms with Crippen LogP contribution in [0.15, 0.2) is 65.8 Å². The fourth-order valence-electron chi connectivity index (χ4n) is 11.7. The summed E-state index contributed by atoms with van der Waals surface area (Å²) >= 11 is 5.75. The van der Waals surface area contributed by atoms with E-state index in [0.717, 1.165) is 26.0 Å². The Labute approximate surface area is 478 Å². The number of nitrogens with one attached hydrogen (secondary N) is 4. The largest absolute Gasteiger partial charge is 0.455 e. The molecule has 2 aromatic rings. The van der Waals surface area contributed by atoms with Crippen molar-refractivity contribution >= 4 is 76.8 Å². The van der Waals surface area contributed by atoms with E-state index in [-0.39, 0.29) is 85.6 Å². The first-order chi connectivity index (χ1) is 38.5. The van der Waals surface area contributed by atoms with Gasteiger partial charge in [-0.3, -0.25) is 43.2 Å². The summed E-state index contributed by atoms with van der Waals surface area (Å²) < 4.78 is 45.0. The molecule has 3 aliphatic carbocycles. The molecule has 4 aliphatic rings. The van der Waals surface area contributed by atoms with E-state index >= 15 is 4.79 Å². The van der Waals surface area contributed by atoms with Gasteiger partial charge in [0.25, 0.3) is 0 Å². The molecule has 2 bridgehead atoms. The number of halogens is 2. The van der Waals surface area contributed by atoms with Crippen molar-refractivity contribution < 1.29 is 86.2 Å². The Morgan fingerprint density at radius 3 is 2.17 bits per heavy atom. The van der Waals surface area contributed by atoms with Crippen LogP contribution in [0.2, 0.25) is 5.02 Å². The molecule has 1 aliphatic heterocycles. The van der Waals surface area contributed by atoms with Gasteiger partial charge in [0, 0.05) is 68.2 Å². The molecule has 3 fully saturated rings. The summed E-state index contributed by atoms with van der Waals surface area (Å²) in [4.78, 5) is 132. The van der Waals surface area contributed by atoms with Gasteiger partial charge in [0.2, 0.25) is 35.4 Å². The third kappa shape index (κ3) is 13.9. The number of aliphatic hydroxyl groups is 2. The van der Waals surface area contributed by atoms with Gasteiger partial charge in [-0.15, -0.1) is 0 Å². The molecule has 10 N–H and O–H groups in total. The molecule has 12 atom stereocenters. The van der Waals surface area contributed by atoms with E-state index < -0.39 is 148 Å². The van der Waals surface area contributed by atoms with Gasteiger partial charge in [0.15, 0.2) is 17.5 Å². The quantitative estimate of drug-likeness (QED) is 0.0245. The molecule has 82 heavy (non-hydrogen) atoms. The van der Waals surface area contributed by atoms with Crippen LogP contribution in [0.25, 0.3) is 6.08 Å². The maximum absolute atomic E-state index is 15.8. The summed E-state index contributed by atoms with van der Waals surface area (Å²) in [5, 5.41) is 35.2. The number of Topliss-reactive ketones (excluding diaryl/α,β-unsaturated/α-hetero) is 1. The van der Waals surface area contributed by atoms with Crippen LogP contribution in [0, 0.1) is 22.6 Å². The highest BCUT2D eigenvalue weighted by Crippen LogP contribution is 2.64. The molecular formula is C57H72ClFN6O17. The molecule has 23 nitrogen and oxygen atoms in total. The predicted molar refractivity (Wildman–Crippen MR) is 289 cm³/mol. The number of hydrogen-bond donors (Lipinski definition) is 8. The van der Waals surface area contributed by atoms with Gasteiger partial charge in [-0.2, -0.15) is 0 Å². The molecule has 0 aromatic heterocycles. The SMILES string of the molecule is CC(=O)O[C@H]1C(=O)[C@]2(C)[C@@H](OCCC(=O)NCCCC[C@H](NC(=O)CC[C@@H](NC(=O)[C@H](C)NC(=O)/C=C/c3ccc(Cl)cc3F)C(N)=O)C(N)=O)C[C@H]3OC[C@@]3(OC(C)=O)[C@H]2[C@H](OC(=O)c2ccccc2)[C@]2(O)C[C@H](O)C(C)=C1C2(C)C. The number of aliphatic hydroxyl groups excluding tert-OH is 1. The minimum atomic E-state index is -2.25. The lowest BCUT2D eigenvalue weighted by Crippen LogP contribution is -2.82. The molecule has 446 valence electrons. The lowest BCUT2D eigenvalue weighted by Gasteiger charge is -2.67. The number of ketones is 1. The van der Waals surface area contributed by atoms with Crippen LogP contribution in [0.3, 0.4) is 0 Å². The van der Waals surface area contributed by atoms with E-state index in [4.69, 9.17) is 46.8 Å². The van der Waals surface area contributed by atoms with Crippen LogP contribution in [0.1, 0.15) is 116 Å². The monoisotopic (exact) mass is 1170 g/mol. The Kier molecular flexibility index (Phi) is 20.6. The molecule has 0 spiro atoms. The summed E-state index contributed by atoms with van der Waals surface area (Å²) in [7, 11) is 0. The third-order valence-corrected chi connectivity index (χ3v) is 16.4. The van der Waals surface area contributed by atoms with E-state index in [1.807, 2.05) is 0 Å². The standard InChI is InChI=1S/C57H72ClFN6O17/c1-29-39(68)27-57(77)49(81-53(76)34-13-9-8-10-14-34)47-55(7,48(72)46(80-31(3)66)45(29)54(57,5)6)40(26-41-56(47,28-79-41)82-32(4)67)78-24-22-42(69)62-23-12-11-15-37(50(60)73)64-44(71)21-19-38(51(61)74)65-52(75)30(2)63-43(70)20-17-33-16-18-35(58)25-36(33)59/h8-10,13-14,16-18,20,25,30,37-41,46-47,49,68,77H,11-12,15,19,21-24,26-28H2,1-7H3,(H2,60,73)(H2,61,74)(H,62,69)(H,63,70)(H,64,71)(H,65,75)/b20-17+/t30-,37-,38+,39-,40-,41+,46+,47-,49-,55+,56-,57+/m0/s1. The Balaban J connectivity index is 1.08. The minimum Gasteiger partial charge on any atom is -0.455 e. The lowest BCUT2D eigenvalue weighted by molar-refractivity contribution is -0.348. The number of fused-ring (bicyclic) bond motifs is 5. The van der Waals surface area contributed by atoms with Crippen molar-refractivity contribution in [2.75, 3.05) is 19.8 Å². The number of rotatable bonds is 24. The van der Waals surface area contributed by atoms with Crippen molar-refractivity contribution in [1.29, 1.82) is 0 Å². The number of ether oxygens (including phenoxy) is 5. The van der Waals surface area contributed by atoms with Gasteiger partial charge in [-0.25, -0.2) is 9.18 Å². The highest BCUT2D eigenvalue weighted by Gasteiger charge is 2.78. The molecule has 1 saturated heterocycles. The fraction of sp³-hybridized carbons (Fsp3) is 0.544. The zero-order chi connectivity index (χ0) is 60.6. The summed E-state index contributed by atoms with van der Waals surface area (Å²) in [5.74, 6) is -10.1. The Morgan fingerprint density at radius 2 is 1.56 bits per heavy atom. The van der Waals surface area contributed by atoms with E-state index in [2.05, 4.69) is 21.3 Å². The number of benzene rings is 2. The van der Waals surface area contributed by atoms with Crippen LogP contribution in [0.4, 0.5) is 4.39 Å². The van der Waals surface area contributed by atoms with Gasteiger partial charge in [0.1, 0.15) is 41.8 Å². The first-order valence-corrected chi connectivity index (χ1v) is 27.3. The summed E-state index contributed by atoms with van der Waals surface area (Å²) in [6, 6.07) is 8.03. The Hall–Kier alpha value is -7.12. The molecular weight excluding hydrogens is 1100 g/mol. The van der Waals surface area contributed by atoms with Crippen molar-refractivity contribution in [3.63, 3.8) is 0 Å². The van der Waals surface area contributed by atoms with Gasteiger partial charge in [-0.1, -0.05) is 49.7 Å². The maximum atomic E-state index is 15.8. The molecule has 1 heterocycles. The van der Waals surface area contributed by atoms with E-state index in [1.165, 1.54) is 44.2 Å². The summed E-state index contributed by atoms with van der Waals surface area (Å²) in [6.07, 6.45) is -5.74. The zero-order valence-corrected chi connectivity index (χ0v) is 47.4. The normalized spacial score (nSPS) is 27.3. The second-order valence-electron chi connectivity index (χ2n) is 22.0. The van der Waals surface area contributed by atoms with Crippen LogP contribution in [-0.4, -0.2) is 149 Å². The third-order valence-electron chi connectivity index (χ3n) is 16.2.